The van der Waals surface area contributed by atoms with Crippen molar-refractivity contribution in [3.05, 3.63) is 152 Å². The fourth-order valence-corrected chi connectivity index (χ4v) is 29.9. The van der Waals surface area contributed by atoms with Crippen molar-refractivity contribution in [1.29, 1.82) is 0 Å². The van der Waals surface area contributed by atoms with E-state index in [1.54, 1.807) is 18.2 Å². The van der Waals surface area contributed by atoms with Crippen LogP contribution in [0.2, 0.25) is 15.1 Å². The first-order valence-electron chi connectivity index (χ1n) is 41.7. The number of rotatable bonds is 13. The van der Waals surface area contributed by atoms with E-state index in [0.717, 1.165) is 140 Å². The third-order valence-electron chi connectivity index (χ3n) is 30.1. The van der Waals surface area contributed by atoms with Crippen molar-refractivity contribution in [1.82, 2.24) is 5.32 Å². The normalized spacial score (nSPS) is 35.8. The van der Waals surface area contributed by atoms with Gasteiger partial charge in [0.1, 0.15) is 0 Å². The second-order valence-corrected chi connectivity index (χ2v) is 56.4. The molecule has 8 atom stereocenters. The molecule has 8 unspecified atom stereocenters. The number of alkyl halides is 1. The van der Waals surface area contributed by atoms with E-state index in [-0.39, 0.29) is 76.4 Å². The zero-order chi connectivity index (χ0) is 86.9. The molecule has 15 nitrogen and oxygen atoms in total. The Morgan fingerprint density at radius 3 is 0.983 bits per heavy atom. The molecule has 0 spiro atoms. The summed E-state index contributed by atoms with van der Waals surface area (Å²) < 4.78 is 9.26. The summed E-state index contributed by atoms with van der Waals surface area (Å²) in [6.07, 6.45) is 34.2. The molecule has 0 heterocycles. The van der Waals surface area contributed by atoms with Gasteiger partial charge in [-0.25, -0.2) is 34.4 Å². The molecule has 0 aromatic heterocycles. The third kappa shape index (κ3) is 23.0. The van der Waals surface area contributed by atoms with E-state index < -0.39 is 55.1 Å². The molecule has 20 bridgehead atoms. The summed E-state index contributed by atoms with van der Waals surface area (Å²) in [5.41, 5.74) is 9.90. The van der Waals surface area contributed by atoms with Crippen molar-refractivity contribution in [3.63, 3.8) is 0 Å². The van der Waals surface area contributed by atoms with E-state index in [1.165, 1.54) is 131 Å². The van der Waals surface area contributed by atoms with E-state index in [2.05, 4.69) is 79.0 Å². The minimum atomic E-state index is -1.72. The Bertz CT molecular complexity index is 4290. The second kappa shape index (κ2) is 40.1. The molecular formula is C89H107AlBrCl12FeN2O13S. The maximum atomic E-state index is 13.4. The van der Waals surface area contributed by atoms with Crippen molar-refractivity contribution in [3.8, 4) is 23.0 Å². The van der Waals surface area contributed by atoms with Gasteiger partial charge < -0.3 is 46.8 Å². The van der Waals surface area contributed by atoms with Gasteiger partial charge in [0.15, 0.2) is 23.0 Å². The Morgan fingerprint density at radius 2 is 0.683 bits per heavy atom. The van der Waals surface area contributed by atoms with Crippen molar-refractivity contribution in [2.75, 3.05) is 13.1 Å². The Morgan fingerprint density at radius 1 is 0.417 bits per heavy atom. The number of carboxylic acid groups (broad SMARTS) is 3. The molecule has 20 aliphatic carbocycles. The Hall–Kier alpha value is -2.03. The van der Waals surface area contributed by atoms with Crippen LogP contribution in [-0.2, 0) is 73.5 Å². The third-order valence-corrected chi connectivity index (χ3v) is 32.1. The van der Waals surface area contributed by atoms with Crippen LogP contribution in [0, 0.1) is 92.2 Å². The number of benzene rings is 5. The fraction of sp³-hybridized carbons (Fsp3) is 0.607. The molecule has 0 aliphatic heterocycles. The molecular weight excluding hydrogens is 1930 g/mol. The first kappa shape index (κ1) is 97.0. The van der Waals surface area contributed by atoms with Gasteiger partial charge in [-0.2, -0.15) is 0 Å². The summed E-state index contributed by atoms with van der Waals surface area (Å²) in [5.74, 6) is 5.56. The number of nitrogens with one attached hydrogen (secondary N) is 1. The van der Waals surface area contributed by atoms with Crippen LogP contribution >= 0.6 is 144 Å². The summed E-state index contributed by atoms with van der Waals surface area (Å²) in [7, 11) is 36.9. The van der Waals surface area contributed by atoms with Gasteiger partial charge in [0.05, 0.1) is 21.7 Å². The van der Waals surface area contributed by atoms with E-state index in [0.29, 0.717) is 73.3 Å². The summed E-state index contributed by atoms with van der Waals surface area (Å²) in [5, 5.41) is 70.9. The number of carbonyl (C=O) groups excluding carboxylic acids is 2. The van der Waals surface area contributed by atoms with E-state index in [1.807, 2.05) is 36.4 Å². The molecule has 0 radical (unpaired) electrons. The monoisotopic (exact) mass is 2030 g/mol. The summed E-state index contributed by atoms with van der Waals surface area (Å²) in [6.45, 7) is 1.08. The Labute approximate surface area is 778 Å². The van der Waals surface area contributed by atoms with Crippen LogP contribution in [0.1, 0.15) is 220 Å². The van der Waals surface area contributed by atoms with Crippen LogP contribution < -0.4 is 11.1 Å². The molecule has 0 saturated heterocycles. The minimum absolute atomic E-state index is 0.0871. The SMILES string of the molecule is NCCc1ccc(O)c(O)c1.O=C(Cl)C12CC3CC(C1)CC(c1ccc(Cl)cc1)(C3)C2.O=C(NCCc1ccc(O)c(O)c1)C12CC3CC(C1)CC(c1ccc(Cl)cc1)(C3)C2.O=C(O)C12CC3CC(C1)CC(c1ccc(Cl)cc1)(C3)C2.O=C(O)C12CC3CC(CC(Br)(C3)C1)C2.O=C(O)C12CC3CC(CC(C3)C1)C2.O=S(Cl)Cl.[Cl][Al]([Cl])[Cl].[Cl][Fe]([Cl])[Cl]. The molecule has 20 saturated carbocycles. The molecule has 20 fully saturated rings. The van der Waals surface area contributed by atoms with Gasteiger partial charge in [0.25, 0.3) is 0 Å². The second-order valence-electron chi connectivity index (χ2n) is 38.6. The number of hydrogen-bond donors (Lipinski definition) is 9. The number of carbonyl (C=O) groups is 5. The zero-order valence-electron chi connectivity index (χ0n) is 66.7. The number of amides is 1. The molecule has 5 aromatic rings. The van der Waals surface area contributed by atoms with Crippen molar-refractivity contribution < 1.29 is 75.1 Å². The van der Waals surface area contributed by atoms with Gasteiger partial charge in [-0.3, -0.25) is 24.0 Å². The predicted octanol–water partition coefficient (Wildman–Crippen LogP) is 24.6. The van der Waals surface area contributed by atoms with Crippen LogP contribution in [0.15, 0.2) is 109 Å². The van der Waals surface area contributed by atoms with Gasteiger partial charge in [-0.1, -0.05) is 99.3 Å². The Balaban J connectivity index is 0.000000132. The summed E-state index contributed by atoms with van der Waals surface area (Å²) in [6, 6.07) is 34.2. The first-order chi connectivity index (χ1) is 56.5. The van der Waals surface area contributed by atoms with Gasteiger partial charge in [0.2, 0.25) is 20.4 Å². The average Bonchev–Trinajstić information content (AvgIpc) is 0.725. The number of phenolic OH excluding ortho intramolecular Hbond substituents is 4. The van der Waals surface area contributed by atoms with Gasteiger partial charge in [0, 0.05) is 52.7 Å². The molecule has 659 valence electrons. The number of aromatic hydroxyl groups is 4. The average molecular weight is 2030 g/mol. The van der Waals surface area contributed by atoms with Crippen LogP contribution in [-0.4, -0.2) is 97.8 Å². The molecule has 20 aliphatic rings. The van der Waals surface area contributed by atoms with Crippen molar-refractivity contribution in [2.24, 2.45) is 97.9 Å². The van der Waals surface area contributed by atoms with Gasteiger partial charge >= 0.3 is 70.8 Å². The number of phenols is 4. The summed E-state index contributed by atoms with van der Waals surface area (Å²) in [4.78, 5) is 60.0. The van der Waals surface area contributed by atoms with E-state index >= 15 is 0 Å². The van der Waals surface area contributed by atoms with Crippen molar-refractivity contribution >= 4 is 194 Å². The first-order valence-corrected chi connectivity index (χ1v) is 56.6. The number of aliphatic carboxylic acids is 3. The predicted molar refractivity (Wildman–Crippen MR) is 484 cm³/mol. The molecule has 25 rings (SSSR count). The van der Waals surface area contributed by atoms with Crippen LogP contribution in [0.4, 0.5) is 0 Å². The standard InChI is InChI=1S/C25H28ClNO3.C17H18Cl2O.C17H19ClO2.C11H15BrO2.C11H16O2.C8H11NO2.Al.Cl2OS.6ClH.Fe/c26-20-4-2-19(3-5-20)24-11-17-9-18(12-24)14-25(13-17,15-24)23(30)27-8-7-16-1-6-21(28)22(29)10-16;2*18-14-3-1-13(2-4-14)16-6-11-5-12(7-16)9-17(8-11,10-16)15(19)20;12-11-4-7-1-8(5-11)3-10(2-7,6-11)9(13)14;12-10(13)11-4-7-1-8(5-11)3-9(2-7)6-11;9-4-3-6-1-2-7(10)8(11)5-6;;1-4(2)3;;;;;;;/h1-6,10,17-18,28-29H,7-9,11-15H2,(H,27,30);1-4,11-12H,5-10H2;1-4,11-12H,5-10H2,(H,19,20);7-8H,1-6H2,(H,13,14);7-9H,1-6H2,(H,12,13);1-2,5,10-11H,3-4,9H2;;;6*1H;/q;;;;;;+3;;;;;;;;+3/p-6. The van der Waals surface area contributed by atoms with Crippen LogP contribution in [0.5, 0.6) is 23.0 Å². The molecule has 1 amide bonds. The quantitative estimate of drug-likeness (QED) is 0.0229. The van der Waals surface area contributed by atoms with E-state index in [9.17, 15) is 49.5 Å². The molecule has 31 heteroatoms. The zero-order valence-corrected chi connectivity index (χ0v) is 80.4. The number of nitrogens with two attached hydrogens (primary N) is 1. The Kier molecular flexibility index (Phi) is 32.5. The van der Waals surface area contributed by atoms with E-state index in [4.69, 9.17) is 127 Å². The van der Waals surface area contributed by atoms with Gasteiger partial charge in [-0.05, 0) is 393 Å². The fourth-order valence-electron chi connectivity index (χ4n) is 27.9. The topological polar surface area (TPSA) is 282 Å². The molecule has 5 aromatic carbocycles. The number of carboxylic acids is 3. The molecule has 10 N–H and O–H groups in total. The van der Waals surface area contributed by atoms with Crippen molar-refractivity contribution in [2.45, 2.75) is 226 Å². The van der Waals surface area contributed by atoms with Crippen LogP contribution in [0.3, 0.4) is 0 Å². The number of halogens is 13. The summed E-state index contributed by atoms with van der Waals surface area (Å²) >= 11 is 24.9. The number of hydrogen-bond acceptors (Lipinski definition) is 11. The van der Waals surface area contributed by atoms with Gasteiger partial charge in [-0.15, -0.1) is 0 Å². The molecule has 120 heavy (non-hydrogen) atoms. The van der Waals surface area contributed by atoms with Crippen LogP contribution in [0.25, 0.3) is 0 Å². The maximum absolute atomic E-state index is 13.4.